The summed E-state index contributed by atoms with van der Waals surface area (Å²) in [4.78, 5) is 0. The summed E-state index contributed by atoms with van der Waals surface area (Å²) in [5.41, 5.74) is 1.15. The van der Waals surface area contributed by atoms with Gasteiger partial charge in [-0.3, -0.25) is 0 Å². The summed E-state index contributed by atoms with van der Waals surface area (Å²) in [6.07, 6.45) is 5.89. The van der Waals surface area contributed by atoms with Gasteiger partial charge < -0.3 is 9.47 Å². The van der Waals surface area contributed by atoms with Crippen LogP contribution < -0.4 is 9.47 Å². The van der Waals surface area contributed by atoms with E-state index in [1.807, 2.05) is 0 Å². The van der Waals surface area contributed by atoms with E-state index in [4.69, 9.17) is 9.47 Å². The van der Waals surface area contributed by atoms with Crippen LogP contribution in [0.3, 0.4) is 0 Å². The van der Waals surface area contributed by atoms with Gasteiger partial charge in [0.1, 0.15) is 11.5 Å². The van der Waals surface area contributed by atoms with E-state index in [1.165, 1.54) is 19.3 Å². The van der Waals surface area contributed by atoms with Gasteiger partial charge in [0.15, 0.2) is 0 Å². The van der Waals surface area contributed by atoms with E-state index < -0.39 is 0 Å². The van der Waals surface area contributed by atoms with Crippen LogP contribution in [0.4, 0.5) is 0 Å². The Morgan fingerprint density at radius 1 is 0.913 bits per heavy atom. The fourth-order valence-electron chi connectivity index (χ4n) is 2.70. The lowest BCUT2D eigenvalue weighted by molar-refractivity contribution is 0.304. The number of aryl methyl sites for hydroxylation is 1. The first-order valence-electron chi connectivity index (χ1n) is 8.61. The maximum Gasteiger partial charge on any atom is 0.130 e. The van der Waals surface area contributed by atoms with Gasteiger partial charge in [0.2, 0.25) is 0 Å². The molecule has 0 unspecified atom stereocenters. The maximum atomic E-state index is 6.11. The normalized spacial score (nSPS) is 10.9. The van der Waals surface area contributed by atoms with Gasteiger partial charge in [0.05, 0.1) is 13.2 Å². The quantitative estimate of drug-likeness (QED) is 0.358. The number of ether oxygens (including phenoxy) is 2. The molecule has 0 aliphatic carbocycles. The van der Waals surface area contributed by atoms with E-state index in [0.717, 1.165) is 59.2 Å². The lowest BCUT2D eigenvalue weighted by atomic mass is 10.0. The van der Waals surface area contributed by atoms with Crippen LogP contribution in [0.5, 0.6) is 11.5 Å². The molecule has 0 fully saturated rings. The molecule has 0 amide bonds. The molecule has 0 aliphatic rings. The number of hydrogen-bond donors (Lipinski definition) is 0. The Morgan fingerprint density at radius 3 is 2.39 bits per heavy atom. The average molecular weight is 379 g/mol. The highest BCUT2D eigenvalue weighted by atomic mass is 79.9. The number of halogens is 1. The molecule has 2 aromatic carbocycles. The Balaban J connectivity index is 2.17. The molecule has 0 atom stereocenters. The summed E-state index contributed by atoms with van der Waals surface area (Å²) in [5.74, 6) is 1.96. The highest BCUT2D eigenvalue weighted by molar-refractivity contribution is 9.09. The van der Waals surface area contributed by atoms with Crippen LogP contribution in [0.25, 0.3) is 10.8 Å². The highest BCUT2D eigenvalue weighted by Gasteiger charge is 2.11. The Bertz CT molecular complexity index is 610. The van der Waals surface area contributed by atoms with Crippen LogP contribution in [0.1, 0.15) is 44.6 Å². The first kappa shape index (κ1) is 18.1. The fraction of sp³-hybridized carbons (Fsp3) is 0.500. The van der Waals surface area contributed by atoms with Crippen molar-refractivity contribution in [1.29, 1.82) is 0 Å². The molecule has 0 aromatic heterocycles. The van der Waals surface area contributed by atoms with E-state index in [2.05, 4.69) is 60.1 Å². The Kier molecular flexibility index (Phi) is 7.73. The summed E-state index contributed by atoms with van der Waals surface area (Å²) < 4.78 is 12.1. The van der Waals surface area contributed by atoms with Gasteiger partial charge in [0, 0.05) is 16.1 Å². The predicted molar refractivity (Wildman–Crippen MR) is 102 cm³/mol. The lowest BCUT2D eigenvalue weighted by Crippen LogP contribution is -2.02. The molecule has 3 heteroatoms. The van der Waals surface area contributed by atoms with Crippen molar-refractivity contribution in [3.8, 4) is 11.5 Å². The Hall–Kier alpha value is -1.22. The van der Waals surface area contributed by atoms with E-state index in [1.54, 1.807) is 0 Å². The SMILES string of the molecule is CCCCCCOc1c(C)cc(OCCCBr)c2ccccc12. The average Bonchev–Trinajstić information content (AvgIpc) is 2.57. The van der Waals surface area contributed by atoms with Crippen molar-refractivity contribution in [3.05, 3.63) is 35.9 Å². The zero-order valence-electron chi connectivity index (χ0n) is 14.2. The third kappa shape index (κ3) is 5.13. The zero-order valence-corrected chi connectivity index (χ0v) is 15.8. The van der Waals surface area contributed by atoms with Crippen molar-refractivity contribution in [1.82, 2.24) is 0 Å². The summed E-state index contributed by atoms with van der Waals surface area (Å²) in [6, 6.07) is 10.5. The van der Waals surface area contributed by atoms with Crippen LogP contribution in [-0.2, 0) is 0 Å². The second kappa shape index (κ2) is 9.82. The molecule has 0 heterocycles. The van der Waals surface area contributed by atoms with Gasteiger partial charge in [-0.15, -0.1) is 0 Å². The molecule has 126 valence electrons. The molecule has 0 aliphatic heterocycles. The molecule has 2 aromatic rings. The van der Waals surface area contributed by atoms with E-state index in [-0.39, 0.29) is 0 Å². The Labute approximate surface area is 148 Å². The minimum atomic E-state index is 0.728. The van der Waals surface area contributed by atoms with Crippen LogP contribution in [-0.4, -0.2) is 18.5 Å². The van der Waals surface area contributed by atoms with Gasteiger partial charge >= 0.3 is 0 Å². The van der Waals surface area contributed by atoms with Crippen molar-refractivity contribution in [2.75, 3.05) is 18.5 Å². The van der Waals surface area contributed by atoms with Gasteiger partial charge in [-0.05, 0) is 31.4 Å². The summed E-state index contributed by atoms with van der Waals surface area (Å²) in [6.45, 7) is 5.85. The molecular weight excluding hydrogens is 352 g/mol. The van der Waals surface area contributed by atoms with Crippen molar-refractivity contribution in [2.45, 2.75) is 46.0 Å². The number of alkyl halides is 1. The smallest absolute Gasteiger partial charge is 0.130 e. The molecule has 0 N–H and O–H groups in total. The molecule has 0 radical (unpaired) electrons. The van der Waals surface area contributed by atoms with Crippen molar-refractivity contribution in [2.24, 2.45) is 0 Å². The van der Waals surface area contributed by atoms with Gasteiger partial charge in [-0.2, -0.15) is 0 Å². The minimum absolute atomic E-state index is 0.728. The third-order valence-electron chi connectivity index (χ3n) is 3.92. The number of rotatable bonds is 10. The zero-order chi connectivity index (χ0) is 16.5. The molecule has 0 saturated carbocycles. The van der Waals surface area contributed by atoms with E-state index in [9.17, 15) is 0 Å². The molecular formula is C20H27BrO2. The van der Waals surface area contributed by atoms with Crippen molar-refractivity contribution in [3.63, 3.8) is 0 Å². The first-order valence-corrected chi connectivity index (χ1v) is 9.74. The largest absolute Gasteiger partial charge is 0.493 e. The fourth-order valence-corrected chi connectivity index (χ4v) is 2.93. The maximum absolute atomic E-state index is 6.11. The standard InChI is InChI=1S/C20H27BrO2/c1-3-4-5-8-13-23-20-16(2)15-19(22-14-9-12-21)17-10-6-7-11-18(17)20/h6-7,10-11,15H,3-5,8-9,12-14H2,1-2H3. The van der Waals surface area contributed by atoms with Crippen LogP contribution in [0.2, 0.25) is 0 Å². The molecule has 0 bridgehead atoms. The second-order valence-corrected chi connectivity index (χ2v) is 6.66. The third-order valence-corrected chi connectivity index (χ3v) is 4.48. The molecule has 23 heavy (non-hydrogen) atoms. The molecule has 0 saturated heterocycles. The van der Waals surface area contributed by atoms with Crippen LogP contribution in [0, 0.1) is 6.92 Å². The van der Waals surface area contributed by atoms with Crippen molar-refractivity contribution >= 4 is 26.7 Å². The number of fused-ring (bicyclic) bond motifs is 1. The molecule has 2 nitrogen and oxygen atoms in total. The highest BCUT2D eigenvalue weighted by Crippen LogP contribution is 2.36. The Morgan fingerprint density at radius 2 is 1.65 bits per heavy atom. The monoisotopic (exact) mass is 378 g/mol. The summed E-state index contributed by atoms with van der Waals surface area (Å²) in [5, 5.41) is 3.25. The van der Waals surface area contributed by atoms with Gasteiger partial charge in [-0.1, -0.05) is 66.4 Å². The van der Waals surface area contributed by atoms with E-state index >= 15 is 0 Å². The second-order valence-electron chi connectivity index (χ2n) is 5.87. The number of hydrogen-bond acceptors (Lipinski definition) is 2. The van der Waals surface area contributed by atoms with Gasteiger partial charge in [0.25, 0.3) is 0 Å². The lowest BCUT2D eigenvalue weighted by Gasteiger charge is -2.16. The molecule has 2 rings (SSSR count). The molecule has 0 spiro atoms. The number of unbranched alkanes of at least 4 members (excludes halogenated alkanes) is 3. The summed E-state index contributed by atoms with van der Waals surface area (Å²) in [7, 11) is 0. The minimum Gasteiger partial charge on any atom is -0.493 e. The topological polar surface area (TPSA) is 18.5 Å². The van der Waals surface area contributed by atoms with Crippen LogP contribution in [0.15, 0.2) is 30.3 Å². The van der Waals surface area contributed by atoms with E-state index in [0.29, 0.717) is 0 Å². The van der Waals surface area contributed by atoms with Crippen molar-refractivity contribution < 1.29 is 9.47 Å². The van der Waals surface area contributed by atoms with Crippen LogP contribution >= 0.6 is 15.9 Å². The first-order chi connectivity index (χ1) is 11.3. The van der Waals surface area contributed by atoms with Gasteiger partial charge in [-0.25, -0.2) is 0 Å². The number of benzene rings is 2. The predicted octanol–water partition coefficient (Wildman–Crippen LogP) is 6.27. The summed E-state index contributed by atoms with van der Waals surface area (Å²) >= 11 is 3.45.